The van der Waals surface area contributed by atoms with Crippen molar-refractivity contribution in [2.45, 2.75) is 37.3 Å². The first-order chi connectivity index (χ1) is 8.35. The van der Waals surface area contributed by atoms with Crippen LogP contribution in [-0.4, -0.2) is 27.1 Å². The van der Waals surface area contributed by atoms with E-state index < -0.39 is 17.4 Å². The molecule has 2 rings (SSSR count). The lowest BCUT2D eigenvalue weighted by Gasteiger charge is -2.41. The first-order valence-electron chi connectivity index (χ1n) is 5.84. The average molecular weight is 258 g/mol. The Morgan fingerprint density at radius 3 is 2.72 bits per heavy atom. The fourth-order valence-corrected chi connectivity index (χ4v) is 2.00. The van der Waals surface area contributed by atoms with Gasteiger partial charge in [0.05, 0.1) is 0 Å². The van der Waals surface area contributed by atoms with Gasteiger partial charge in [-0.05, 0) is 30.9 Å². The van der Waals surface area contributed by atoms with Crippen LogP contribution in [0.3, 0.4) is 0 Å². The molecule has 1 aliphatic carbocycles. The Hall–Kier alpha value is -1.43. The molecule has 2 N–H and O–H groups in total. The topological polar surface area (TPSA) is 54.3 Å². The minimum Gasteiger partial charge on any atom is -0.383 e. The molecule has 1 amide bonds. The average Bonchev–Trinajstić information content (AvgIpc) is 2.68. The summed E-state index contributed by atoms with van der Waals surface area (Å²) in [6, 6.07) is 1.73. The normalized spacial score (nSPS) is 18.2. The summed E-state index contributed by atoms with van der Waals surface area (Å²) in [5.74, 6) is -5.13. The third-order valence-electron chi connectivity index (χ3n) is 3.40. The lowest BCUT2D eigenvalue weighted by atomic mass is 9.75. The molecule has 0 radical (unpaired) electrons. The zero-order valence-electron chi connectivity index (χ0n) is 10.1. The van der Waals surface area contributed by atoms with Crippen LogP contribution >= 0.6 is 0 Å². The van der Waals surface area contributed by atoms with Crippen molar-refractivity contribution in [1.29, 1.82) is 0 Å². The van der Waals surface area contributed by atoms with Gasteiger partial charge in [-0.25, -0.2) is 0 Å². The van der Waals surface area contributed by atoms with Crippen LogP contribution in [0, 0.1) is 0 Å². The summed E-state index contributed by atoms with van der Waals surface area (Å²) in [5, 5.41) is 11.8. The highest BCUT2D eigenvalue weighted by Crippen LogP contribution is 2.44. The maximum absolute atomic E-state index is 13.7. The summed E-state index contributed by atoms with van der Waals surface area (Å²) in [5.41, 5.74) is -1.42. The van der Waals surface area contributed by atoms with Gasteiger partial charge in [0.15, 0.2) is 0 Å². The highest BCUT2D eigenvalue weighted by Gasteiger charge is 2.60. The number of nitrogens with zero attached hydrogens (tertiary/aromatic N) is 1. The van der Waals surface area contributed by atoms with Gasteiger partial charge in [-0.15, -0.1) is 0 Å². The quantitative estimate of drug-likeness (QED) is 0.852. The van der Waals surface area contributed by atoms with Gasteiger partial charge in [0, 0.05) is 26.0 Å². The number of hydrogen-bond donors (Lipinski definition) is 2. The standard InChI is InChI=1S/C12H16F2N2O2/c1-16-6-3-9(8-16)7-15-10(17)12(13,14)11(18)4-2-5-11/h3,6,8,18H,2,4-5,7H2,1H3,(H,15,17). The molecule has 0 spiro atoms. The number of halogens is 2. The number of hydrogen-bond acceptors (Lipinski definition) is 2. The van der Waals surface area contributed by atoms with Crippen molar-refractivity contribution in [2.75, 3.05) is 0 Å². The van der Waals surface area contributed by atoms with E-state index in [2.05, 4.69) is 5.32 Å². The Morgan fingerprint density at radius 1 is 1.61 bits per heavy atom. The minimum absolute atomic E-state index is 0.0290. The molecule has 0 saturated heterocycles. The SMILES string of the molecule is Cn1ccc(CNC(=O)C(F)(F)C2(O)CCC2)c1. The van der Waals surface area contributed by atoms with Gasteiger partial charge in [0.25, 0.3) is 5.91 Å². The molecule has 100 valence electrons. The van der Waals surface area contributed by atoms with Crippen molar-refractivity contribution >= 4 is 5.91 Å². The molecule has 1 saturated carbocycles. The van der Waals surface area contributed by atoms with E-state index in [-0.39, 0.29) is 19.4 Å². The molecule has 1 aromatic rings. The number of aliphatic hydroxyl groups is 1. The fourth-order valence-electron chi connectivity index (χ4n) is 2.00. The lowest BCUT2D eigenvalue weighted by molar-refractivity contribution is -0.216. The molecule has 0 atom stereocenters. The Bertz CT molecular complexity index is 453. The first kappa shape index (κ1) is 13.0. The van der Waals surface area contributed by atoms with Gasteiger partial charge >= 0.3 is 5.92 Å². The highest BCUT2D eigenvalue weighted by atomic mass is 19.3. The maximum atomic E-state index is 13.7. The van der Waals surface area contributed by atoms with E-state index in [0.717, 1.165) is 5.56 Å². The third kappa shape index (κ3) is 2.12. The van der Waals surface area contributed by atoms with Gasteiger partial charge in [-0.3, -0.25) is 4.79 Å². The van der Waals surface area contributed by atoms with E-state index in [1.54, 1.807) is 30.1 Å². The van der Waals surface area contributed by atoms with E-state index >= 15 is 0 Å². The molecule has 1 heterocycles. The van der Waals surface area contributed by atoms with E-state index in [9.17, 15) is 18.7 Å². The zero-order valence-corrected chi connectivity index (χ0v) is 10.1. The van der Waals surface area contributed by atoms with Gasteiger partial charge in [0.2, 0.25) is 0 Å². The van der Waals surface area contributed by atoms with E-state index in [1.165, 1.54) is 0 Å². The van der Waals surface area contributed by atoms with Crippen LogP contribution in [0.2, 0.25) is 0 Å². The van der Waals surface area contributed by atoms with Gasteiger partial charge in [-0.2, -0.15) is 8.78 Å². The first-order valence-corrected chi connectivity index (χ1v) is 5.84. The highest BCUT2D eigenvalue weighted by molar-refractivity contribution is 5.85. The second kappa shape index (κ2) is 4.35. The smallest absolute Gasteiger partial charge is 0.352 e. The summed E-state index contributed by atoms with van der Waals surface area (Å²) >= 11 is 0. The molecule has 0 bridgehead atoms. The van der Waals surface area contributed by atoms with Crippen molar-refractivity contribution in [3.63, 3.8) is 0 Å². The lowest BCUT2D eigenvalue weighted by Crippen LogP contribution is -2.60. The van der Waals surface area contributed by atoms with E-state index in [1.807, 2.05) is 0 Å². The van der Waals surface area contributed by atoms with Crippen LogP contribution in [0.4, 0.5) is 8.78 Å². The summed E-state index contributed by atoms with van der Waals surface area (Å²) in [4.78, 5) is 11.5. The van der Waals surface area contributed by atoms with Crippen molar-refractivity contribution in [1.82, 2.24) is 9.88 Å². The molecule has 1 fully saturated rings. The fraction of sp³-hybridized carbons (Fsp3) is 0.583. The number of nitrogens with one attached hydrogen (secondary N) is 1. The second-order valence-corrected chi connectivity index (χ2v) is 4.83. The van der Waals surface area contributed by atoms with Crippen LogP contribution in [0.5, 0.6) is 0 Å². The third-order valence-corrected chi connectivity index (χ3v) is 3.40. The molecule has 0 unspecified atom stereocenters. The van der Waals surface area contributed by atoms with Crippen molar-refractivity contribution in [3.05, 3.63) is 24.0 Å². The molecule has 1 aliphatic rings. The van der Waals surface area contributed by atoms with Crippen molar-refractivity contribution in [3.8, 4) is 0 Å². The summed E-state index contributed by atoms with van der Waals surface area (Å²) in [7, 11) is 1.80. The molecule has 0 aromatic carbocycles. The Morgan fingerprint density at radius 2 is 2.28 bits per heavy atom. The van der Waals surface area contributed by atoms with Gasteiger partial charge in [-0.1, -0.05) is 0 Å². The number of aryl methyl sites for hydroxylation is 1. The van der Waals surface area contributed by atoms with E-state index in [4.69, 9.17) is 0 Å². The van der Waals surface area contributed by atoms with Crippen LogP contribution in [0.1, 0.15) is 24.8 Å². The predicted octanol–water partition coefficient (Wildman–Crippen LogP) is 1.19. The Labute approximate surface area is 104 Å². The summed E-state index contributed by atoms with van der Waals surface area (Å²) in [6.07, 6.45) is 3.96. The van der Waals surface area contributed by atoms with Crippen LogP contribution in [-0.2, 0) is 18.4 Å². The minimum atomic E-state index is -3.72. The number of alkyl halides is 2. The zero-order chi connectivity index (χ0) is 13.4. The van der Waals surface area contributed by atoms with E-state index in [0.29, 0.717) is 6.42 Å². The molecule has 4 nitrogen and oxygen atoms in total. The van der Waals surface area contributed by atoms with Crippen LogP contribution < -0.4 is 5.32 Å². The molecule has 0 aliphatic heterocycles. The second-order valence-electron chi connectivity index (χ2n) is 4.83. The van der Waals surface area contributed by atoms with Gasteiger partial charge < -0.3 is 15.0 Å². The largest absolute Gasteiger partial charge is 0.383 e. The van der Waals surface area contributed by atoms with Crippen molar-refractivity contribution < 1.29 is 18.7 Å². The number of amides is 1. The molecular formula is C12H16F2N2O2. The van der Waals surface area contributed by atoms with Crippen LogP contribution in [0.25, 0.3) is 0 Å². The number of carbonyl (C=O) groups excluding carboxylic acids is 1. The van der Waals surface area contributed by atoms with Crippen molar-refractivity contribution in [2.24, 2.45) is 7.05 Å². The monoisotopic (exact) mass is 258 g/mol. The molecular weight excluding hydrogens is 242 g/mol. The van der Waals surface area contributed by atoms with Crippen LogP contribution in [0.15, 0.2) is 18.5 Å². The Balaban J connectivity index is 1.95. The summed E-state index contributed by atoms with van der Waals surface area (Å²) < 4.78 is 29.1. The molecule has 6 heteroatoms. The van der Waals surface area contributed by atoms with Gasteiger partial charge in [0.1, 0.15) is 5.60 Å². The number of aromatic nitrogens is 1. The Kier molecular flexibility index (Phi) is 3.14. The summed E-state index contributed by atoms with van der Waals surface area (Å²) in [6.45, 7) is 0.0331. The molecule has 1 aromatic heterocycles. The molecule has 18 heavy (non-hydrogen) atoms. The predicted molar refractivity (Wildman–Crippen MR) is 61.0 cm³/mol. The number of carbonyl (C=O) groups is 1. The number of rotatable bonds is 4. The maximum Gasteiger partial charge on any atom is 0.352 e.